The van der Waals surface area contributed by atoms with Crippen molar-refractivity contribution in [1.29, 1.82) is 0 Å². The molecule has 1 N–H and O–H groups in total. The summed E-state index contributed by atoms with van der Waals surface area (Å²) >= 11 is 0. The quantitative estimate of drug-likeness (QED) is 0.891. The van der Waals surface area contributed by atoms with Crippen molar-refractivity contribution < 1.29 is 27.8 Å². The van der Waals surface area contributed by atoms with E-state index >= 15 is 0 Å². The van der Waals surface area contributed by atoms with Crippen LogP contribution in [0, 0.1) is 6.92 Å². The summed E-state index contributed by atoms with van der Waals surface area (Å²) in [5.74, 6) is -0.623. The topological polar surface area (TPSA) is 46.5 Å². The normalized spacial score (nSPS) is 16.5. The van der Waals surface area contributed by atoms with Crippen molar-refractivity contribution >= 4 is 12.0 Å². The Morgan fingerprint density at radius 2 is 1.95 bits per heavy atom. The smallest absolute Gasteiger partial charge is 0.335 e. The van der Waals surface area contributed by atoms with Gasteiger partial charge in [0.15, 0.2) is 6.10 Å². The predicted molar refractivity (Wildman–Crippen MR) is 80.5 cm³/mol. The molecule has 0 saturated heterocycles. The number of hydrogen-bond acceptors (Lipinski definition) is 2. The summed E-state index contributed by atoms with van der Waals surface area (Å²) in [6.07, 6.45) is -0.927. The zero-order valence-electron chi connectivity index (χ0n) is 13.1. The van der Waals surface area contributed by atoms with E-state index in [4.69, 9.17) is 9.84 Å². The molecule has 2 rings (SSSR count). The third-order valence-corrected chi connectivity index (χ3v) is 2.70. The molecule has 1 aromatic carbocycles. The first-order chi connectivity index (χ1) is 10.4. The number of rotatable bonds is 2. The number of ether oxygens (including phenoxy) is 1. The minimum atomic E-state index is -1.37. The SMILES string of the molecule is CCF.CF.Cc1ccc2c(c1)C=C(C(=O)O)C(C(C)F)O2. The molecule has 1 heterocycles. The first kappa shape index (κ1) is 20.0. The van der Waals surface area contributed by atoms with Crippen LogP contribution in [0.2, 0.25) is 0 Å². The lowest BCUT2D eigenvalue weighted by Gasteiger charge is -2.26. The zero-order valence-corrected chi connectivity index (χ0v) is 13.1. The molecule has 0 aromatic heterocycles. The van der Waals surface area contributed by atoms with Crippen molar-refractivity contribution in [2.24, 2.45) is 0 Å². The Kier molecular flexibility index (Phi) is 8.98. The Balaban J connectivity index is 0.000000789. The average Bonchev–Trinajstić information content (AvgIpc) is 2.48. The van der Waals surface area contributed by atoms with Gasteiger partial charge < -0.3 is 9.84 Å². The first-order valence-corrected chi connectivity index (χ1v) is 6.70. The summed E-state index contributed by atoms with van der Waals surface area (Å²) in [7, 11) is 0.500. The van der Waals surface area contributed by atoms with Gasteiger partial charge in [-0.3, -0.25) is 8.78 Å². The van der Waals surface area contributed by atoms with Gasteiger partial charge in [-0.05, 0) is 39.0 Å². The lowest BCUT2D eigenvalue weighted by Crippen LogP contribution is -2.34. The second-order valence-electron chi connectivity index (χ2n) is 4.43. The molecule has 0 radical (unpaired) electrons. The number of halogens is 3. The summed E-state index contributed by atoms with van der Waals surface area (Å²) in [4.78, 5) is 11.0. The lowest BCUT2D eigenvalue weighted by atomic mass is 9.98. The molecule has 1 aliphatic heterocycles. The molecule has 0 fully saturated rings. The molecular weight excluding hydrogens is 297 g/mol. The van der Waals surface area contributed by atoms with Crippen LogP contribution >= 0.6 is 0 Å². The molecule has 1 aromatic rings. The van der Waals surface area contributed by atoms with Gasteiger partial charge in [0.1, 0.15) is 11.9 Å². The van der Waals surface area contributed by atoms with E-state index < -0.39 is 18.2 Å². The Labute approximate surface area is 128 Å². The van der Waals surface area contributed by atoms with Gasteiger partial charge in [0.25, 0.3) is 0 Å². The molecule has 0 bridgehead atoms. The first-order valence-electron chi connectivity index (χ1n) is 6.70. The number of aliphatic carboxylic acids is 1. The highest BCUT2D eigenvalue weighted by Crippen LogP contribution is 2.32. The van der Waals surface area contributed by atoms with Crippen molar-refractivity contribution in [2.45, 2.75) is 33.0 Å². The summed E-state index contributed by atoms with van der Waals surface area (Å²) < 4.78 is 38.5. The van der Waals surface area contributed by atoms with Crippen LogP contribution in [0.25, 0.3) is 6.08 Å². The maximum absolute atomic E-state index is 13.3. The van der Waals surface area contributed by atoms with E-state index in [1.54, 1.807) is 6.07 Å². The maximum Gasteiger partial charge on any atom is 0.335 e. The van der Waals surface area contributed by atoms with Crippen molar-refractivity contribution in [1.82, 2.24) is 0 Å². The monoisotopic (exact) mass is 318 g/mol. The standard InChI is InChI=1S/C13H13FO3.C2H5F.CH3F/c1-7-3-4-11-9(5-7)6-10(13(15)16)12(17-11)8(2)14;1-2-3;1-2/h3-6,8,12H,1-2H3,(H,15,16);2H2,1H3;1H3. The highest BCUT2D eigenvalue weighted by molar-refractivity contribution is 5.94. The number of alkyl halides is 3. The van der Waals surface area contributed by atoms with E-state index in [-0.39, 0.29) is 12.2 Å². The van der Waals surface area contributed by atoms with Crippen molar-refractivity contribution in [3.05, 3.63) is 34.9 Å². The van der Waals surface area contributed by atoms with E-state index in [1.165, 1.54) is 19.9 Å². The van der Waals surface area contributed by atoms with Crippen LogP contribution in [-0.4, -0.2) is 37.2 Å². The second-order valence-corrected chi connectivity index (χ2v) is 4.43. The van der Waals surface area contributed by atoms with E-state index in [9.17, 15) is 18.0 Å². The average molecular weight is 318 g/mol. The molecule has 6 heteroatoms. The van der Waals surface area contributed by atoms with E-state index in [2.05, 4.69) is 0 Å². The van der Waals surface area contributed by atoms with Gasteiger partial charge in [0.2, 0.25) is 0 Å². The Morgan fingerprint density at radius 1 is 1.41 bits per heavy atom. The predicted octanol–water partition coefficient (Wildman–Crippen LogP) is 4.14. The minimum Gasteiger partial charge on any atom is -0.482 e. The molecule has 3 nitrogen and oxygen atoms in total. The van der Waals surface area contributed by atoms with Gasteiger partial charge >= 0.3 is 5.97 Å². The van der Waals surface area contributed by atoms with Crippen LogP contribution in [0.5, 0.6) is 5.75 Å². The number of fused-ring (bicyclic) bond motifs is 1. The second kappa shape index (κ2) is 9.87. The third kappa shape index (κ3) is 5.42. The Morgan fingerprint density at radius 3 is 2.41 bits per heavy atom. The third-order valence-electron chi connectivity index (χ3n) is 2.70. The van der Waals surface area contributed by atoms with Crippen molar-refractivity contribution in [3.63, 3.8) is 0 Å². The van der Waals surface area contributed by atoms with Crippen LogP contribution in [0.1, 0.15) is 25.0 Å². The summed E-state index contributed by atoms with van der Waals surface area (Å²) in [5.41, 5.74) is 1.64. The molecule has 0 aliphatic carbocycles. The molecular formula is C16H21F3O3. The summed E-state index contributed by atoms with van der Waals surface area (Å²) in [5, 5.41) is 9.04. The number of carboxylic acid groups (broad SMARTS) is 1. The van der Waals surface area contributed by atoms with Crippen LogP contribution < -0.4 is 4.74 Å². The van der Waals surface area contributed by atoms with Crippen molar-refractivity contribution in [2.75, 3.05) is 13.9 Å². The largest absolute Gasteiger partial charge is 0.482 e. The maximum atomic E-state index is 13.3. The number of aryl methyl sites for hydroxylation is 1. The van der Waals surface area contributed by atoms with Crippen molar-refractivity contribution in [3.8, 4) is 5.75 Å². The Bertz CT molecular complexity index is 513. The highest BCUT2D eigenvalue weighted by atomic mass is 19.1. The van der Waals surface area contributed by atoms with E-state index in [1.807, 2.05) is 19.1 Å². The van der Waals surface area contributed by atoms with Gasteiger partial charge in [-0.2, -0.15) is 0 Å². The highest BCUT2D eigenvalue weighted by Gasteiger charge is 2.32. The van der Waals surface area contributed by atoms with Crippen LogP contribution in [0.4, 0.5) is 13.2 Å². The van der Waals surface area contributed by atoms with Crippen LogP contribution in [0.3, 0.4) is 0 Å². The fourth-order valence-electron chi connectivity index (χ4n) is 1.86. The van der Waals surface area contributed by atoms with E-state index in [0.717, 1.165) is 5.56 Å². The van der Waals surface area contributed by atoms with Crippen LogP contribution in [0.15, 0.2) is 23.8 Å². The number of carbonyl (C=O) groups is 1. The van der Waals surface area contributed by atoms with Gasteiger partial charge in [0.05, 0.1) is 19.4 Å². The fraction of sp³-hybridized carbons (Fsp3) is 0.438. The number of carboxylic acids is 1. The van der Waals surface area contributed by atoms with E-state index in [0.29, 0.717) is 18.5 Å². The number of hydrogen-bond donors (Lipinski definition) is 1. The van der Waals surface area contributed by atoms with Gasteiger partial charge in [0, 0.05) is 5.56 Å². The fourth-order valence-corrected chi connectivity index (χ4v) is 1.86. The van der Waals surface area contributed by atoms with Crippen LogP contribution in [-0.2, 0) is 4.79 Å². The molecule has 0 spiro atoms. The molecule has 0 saturated carbocycles. The van der Waals surface area contributed by atoms with Gasteiger partial charge in [-0.25, -0.2) is 9.18 Å². The van der Waals surface area contributed by atoms with Gasteiger partial charge in [-0.1, -0.05) is 11.6 Å². The molecule has 1 aliphatic rings. The lowest BCUT2D eigenvalue weighted by molar-refractivity contribution is -0.133. The Hall–Kier alpha value is -1.98. The minimum absolute atomic E-state index is 0.0434. The summed E-state index contributed by atoms with van der Waals surface area (Å²) in [6.45, 7) is 4.40. The van der Waals surface area contributed by atoms with Gasteiger partial charge in [-0.15, -0.1) is 0 Å². The molecule has 22 heavy (non-hydrogen) atoms. The molecule has 2 unspecified atom stereocenters. The molecule has 2 atom stereocenters. The summed E-state index contributed by atoms with van der Waals surface area (Å²) in [6, 6.07) is 5.39. The molecule has 124 valence electrons. The molecule has 0 amide bonds. The number of benzene rings is 1. The zero-order chi connectivity index (χ0) is 17.3.